The molecule has 1 saturated heterocycles. The predicted octanol–water partition coefficient (Wildman–Crippen LogP) is 2.98. The Balaban J connectivity index is 0.00000200. The van der Waals surface area contributed by atoms with Crippen LogP contribution in [0.15, 0.2) is 6.07 Å². The molecule has 114 valence electrons. The number of nitrogens with one attached hydrogen (secondary N) is 2. The van der Waals surface area contributed by atoms with Gasteiger partial charge in [-0.25, -0.2) is 0 Å². The second-order valence-electron chi connectivity index (χ2n) is 5.40. The van der Waals surface area contributed by atoms with E-state index in [1.54, 1.807) is 0 Å². The zero-order valence-electron chi connectivity index (χ0n) is 12.3. The molecule has 3 nitrogen and oxygen atoms in total. The molecule has 0 aromatic carbocycles. The summed E-state index contributed by atoms with van der Waals surface area (Å²) in [6.07, 6.45) is 4.89. The number of amides is 1. The lowest BCUT2D eigenvalue weighted by molar-refractivity contribution is -0.122. The minimum absolute atomic E-state index is 0. The van der Waals surface area contributed by atoms with E-state index < -0.39 is 0 Å². The van der Waals surface area contributed by atoms with Gasteiger partial charge in [0.15, 0.2) is 0 Å². The van der Waals surface area contributed by atoms with E-state index in [4.69, 9.17) is 0 Å². The summed E-state index contributed by atoms with van der Waals surface area (Å²) in [6, 6.07) is 2.59. The van der Waals surface area contributed by atoms with Crippen LogP contribution in [0.25, 0.3) is 0 Å². The van der Waals surface area contributed by atoms with Gasteiger partial charge < -0.3 is 10.6 Å². The normalized spacial score (nSPS) is 18.4. The average molecular weight is 317 g/mol. The molecule has 0 radical (unpaired) electrons. The molecule has 1 unspecified atom stereocenters. The topological polar surface area (TPSA) is 41.1 Å². The van der Waals surface area contributed by atoms with Crippen LogP contribution in [0.3, 0.4) is 0 Å². The number of rotatable bonds is 5. The van der Waals surface area contributed by atoms with Gasteiger partial charge in [0.05, 0.1) is 0 Å². The maximum atomic E-state index is 11.9. The van der Waals surface area contributed by atoms with Crippen LogP contribution in [-0.4, -0.2) is 25.0 Å². The first kappa shape index (κ1) is 17.5. The van der Waals surface area contributed by atoms with Gasteiger partial charge in [0.2, 0.25) is 5.91 Å². The second kappa shape index (κ2) is 8.65. The van der Waals surface area contributed by atoms with Crippen LogP contribution in [0.1, 0.15) is 41.0 Å². The molecule has 1 amide bonds. The smallest absolute Gasteiger partial charge is 0.220 e. The molecule has 0 aliphatic carbocycles. The van der Waals surface area contributed by atoms with Gasteiger partial charge in [-0.3, -0.25) is 4.79 Å². The van der Waals surface area contributed by atoms with Crippen molar-refractivity contribution in [1.82, 2.24) is 10.6 Å². The molecule has 0 saturated carbocycles. The number of hydrogen-bond acceptors (Lipinski definition) is 3. The van der Waals surface area contributed by atoms with Crippen molar-refractivity contribution < 1.29 is 4.79 Å². The zero-order valence-corrected chi connectivity index (χ0v) is 14.0. The molecule has 2 heterocycles. The third kappa shape index (κ3) is 5.43. The number of hydrogen-bond donors (Lipinski definition) is 2. The molecular formula is C15H25ClN2OS. The highest BCUT2D eigenvalue weighted by Gasteiger charge is 2.15. The van der Waals surface area contributed by atoms with Crippen molar-refractivity contribution in [3.8, 4) is 0 Å². The predicted molar refractivity (Wildman–Crippen MR) is 88.0 cm³/mol. The molecule has 2 N–H and O–H groups in total. The fraction of sp³-hybridized carbons (Fsp3) is 0.667. The van der Waals surface area contributed by atoms with Crippen LogP contribution in [-0.2, 0) is 11.2 Å². The number of halogens is 1. The van der Waals surface area contributed by atoms with Gasteiger partial charge in [-0.05, 0) is 57.7 Å². The quantitative estimate of drug-likeness (QED) is 0.877. The first-order valence-electron chi connectivity index (χ1n) is 7.21. The van der Waals surface area contributed by atoms with Gasteiger partial charge in [0.1, 0.15) is 0 Å². The summed E-state index contributed by atoms with van der Waals surface area (Å²) >= 11 is 1.85. The van der Waals surface area contributed by atoms with E-state index in [9.17, 15) is 4.79 Å². The van der Waals surface area contributed by atoms with E-state index in [1.165, 1.54) is 21.7 Å². The summed E-state index contributed by atoms with van der Waals surface area (Å²) < 4.78 is 0. The number of thiophene rings is 1. The van der Waals surface area contributed by atoms with Crippen molar-refractivity contribution in [3.63, 3.8) is 0 Å². The number of carbonyl (C=O) groups is 1. The van der Waals surface area contributed by atoms with Crippen LogP contribution >= 0.6 is 23.7 Å². The van der Waals surface area contributed by atoms with Gasteiger partial charge >= 0.3 is 0 Å². The summed E-state index contributed by atoms with van der Waals surface area (Å²) in [7, 11) is 0. The molecule has 1 atom stereocenters. The Morgan fingerprint density at radius 3 is 2.90 bits per heavy atom. The maximum absolute atomic E-state index is 11.9. The zero-order chi connectivity index (χ0) is 13.7. The SMILES string of the molecule is Cc1cc(CCCC(=O)NC2CCCNC2)c(C)s1.Cl. The van der Waals surface area contributed by atoms with Crippen LogP contribution in [0.5, 0.6) is 0 Å². The van der Waals surface area contributed by atoms with Crippen LogP contribution in [0.4, 0.5) is 0 Å². The molecular weight excluding hydrogens is 292 g/mol. The van der Waals surface area contributed by atoms with Crippen molar-refractivity contribution >= 4 is 29.7 Å². The van der Waals surface area contributed by atoms with Crippen LogP contribution in [0.2, 0.25) is 0 Å². The molecule has 1 aliphatic rings. The Hall–Kier alpha value is -0.580. The van der Waals surface area contributed by atoms with Crippen molar-refractivity contribution in [3.05, 3.63) is 21.4 Å². The molecule has 2 rings (SSSR count). The van der Waals surface area contributed by atoms with Crippen molar-refractivity contribution in [1.29, 1.82) is 0 Å². The third-order valence-corrected chi connectivity index (χ3v) is 4.66. The Kier molecular flexibility index (Phi) is 7.56. The molecule has 20 heavy (non-hydrogen) atoms. The Labute approximate surface area is 131 Å². The Morgan fingerprint density at radius 2 is 2.30 bits per heavy atom. The average Bonchev–Trinajstić information content (AvgIpc) is 2.69. The van der Waals surface area contributed by atoms with Crippen molar-refractivity contribution in [2.24, 2.45) is 0 Å². The Morgan fingerprint density at radius 1 is 1.50 bits per heavy atom. The molecule has 1 aromatic heterocycles. The standard InChI is InChI=1S/C15H24N2OS.ClH/c1-11-9-13(12(2)19-11)5-3-7-15(18)17-14-6-4-8-16-10-14;/h9,14,16H,3-8,10H2,1-2H3,(H,17,18);1H. The lowest BCUT2D eigenvalue weighted by Gasteiger charge is -2.23. The second-order valence-corrected chi connectivity index (χ2v) is 6.86. The fourth-order valence-corrected chi connectivity index (χ4v) is 3.62. The largest absolute Gasteiger partial charge is 0.352 e. The minimum Gasteiger partial charge on any atom is -0.352 e. The minimum atomic E-state index is 0. The van der Waals surface area contributed by atoms with E-state index in [-0.39, 0.29) is 18.3 Å². The summed E-state index contributed by atoms with van der Waals surface area (Å²) in [6.45, 7) is 6.32. The molecule has 5 heteroatoms. The molecule has 0 spiro atoms. The highest BCUT2D eigenvalue weighted by molar-refractivity contribution is 7.12. The Bertz CT molecular complexity index is 428. The van der Waals surface area contributed by atoms with Gasteiger partial charge in [-0.2, -0.15) is 0 Å². The van der Waals surface area contributed by atoms with E-state index in [2.05, 4.69) is 30.5 Å². The highest BCUT2D eigenvalue weighted by atomic mass is 35.5. The molecule has 1 aromatic rings. The van der Waals surface area contributed by atoms with Crippen LogP contribution < -0.4 is 10.6 Å². The van der Waals surface area contributed by atoms with Gasteiger partial charge in [-0.15, -0.1) is 23.7 Å². The van der Waals surface area contributed by atoms with Gasteiger partial charge in [-0.1, -0.05) is 0 Å². The van der Waals surface area contributed by atoms with Gasteiger partial charge in [0.25, 0.3) is 0 Å². The van der Waals surface area contributed by atoms with E-state index in [0.29, 0.717) is 12.5 Å². The lowest BCUT2D eigenvalue weighted by Crippen LogP contribution is -2.45. The maximum Gasteiger partial charge on any atom is 0.220 e. The number of piperidine rings is 1. The van der Waals surface area contributed by atoms with Crippen molar-refractivity contribution in [2.45, 2.75) is 52.0 Å². The van der Waals surface area contributed by atoms with E-state index >= 15 is 0 Å². The summed E-state index contributed by atoms with van der Waals surface area (Å²) in [5.74, 6) is 0.207. The molecule has 1 fully saturated rings. The number of carbonyl (C=O) groups excluding carboxylic acids is 1. The summed E-state index contributed by atoms with van der Waals surface area (Å²) in [5, 5.41) is 6.45. The first-order valence-corrected chi connectivity index (χ1v) is 8.03. The van der Waals surface area contributed by atoms with E-state index in [1.807, 2.05) is 11.3 Å². The first-order chi connectivity index (χ1) is 9.15. The molecule has 1 aliphatic heterocycles. The van der Waals surface area contributed by atoms with Crippen LogP contribution in [0, 0.1) is 13.8 Å². The van der Waals surface area contributed by atoms with E-state index in [0.717, 1.165) is 32.4 Å². The third-order valence-electron chi connectivity index (χ3n) is 3.66. The summed E-state index contributed by atoms with van der Waals surface area (Å²) in [5.41, 5.74) is 1.41. The monoisotopic (exact) mass is 316 g/mol. The summed E-state index contributed by atoms with van der Waals surface area (Å²) in [4.78, 5) is 14.6. The number of aryl methyl sites for hydroxylation is 3. The van der Waals surface area contributed by atoms with Crippen molar-refractivity contribution in [2.75, 3.05) is 13.1 Å². The fourth-order valence-electron chi connectivity index (χ4n) is 2.65. The lowest BCUT2D eigenvalue weighted by atomic mass is 10.1. The highest BCUT2D eigenvalue weighted by Crippen LogP contribution is 2.22. The molecule has 0 bridgehead atoms. The van der Waals surface area contributed by atoms with Gasteiger partial charge in [0, 0.05) is 28.8 Å².